The molecular formula is C11H11BrN2S. The largest absolute Gasteiger partial charge is 0.398 e. The van der Waals surface area contributed by atoms with Gasteiger partial charge in [-0.15, -0.1) is 11.3 Å². The molecule has 2 aromatic heterocycles. The number of fused-ring (bicyclic) bond motifs is 2. The second-order valence-electron chi connectivity index (χ2n) is 3.93. The highest BCUT2D eigenvalue weighted by Crippen LogP contribution is 2.36. The zero-order valence-corrected chi connectivity index (χ0v) is 10.6. The minimum Gasteiger partial charge on any atom is -0.398 e. The van der Waals surface area contributed by atoms with E-state index in [9.17, 15) is 0 Å². The highest BCUT2D eigenvalue weighted by Gasteiger charge is 2.17. The molecule has 1 aliphatic rings. The molecule has 2 aromatic rings. The van der Waals surface area contributed by atoms with E-state index >= 15 is 0 Å². The Morgan fingerprint density at radius 3 is 3.00 bits per heavy atom. The van der Waals surface area contributed by atoms with Gasteiger partial charge in [0.15, 0.2) is 0 Å². The molecule has 15 heavy (non-hydrogen) atoms. The number of anilines is 1. The van der Waals surface area contributed by atoms with Gasteiger partial charge in [-0.3, -0.25) is 0 Å². The van der Waals surface area contributed by atoms with Crippen molar-refractivity contribution in [3.05, 3.63) is 21.1 Å². The topological polar surface area (TPSA) is 38.9 Å². The van der Waals surface area contributed by atoms with Gasteiger partial charge in [-0.2, -0.15) is 0 Å². The number of thiophene rings is 1. The average Bonchev–Trinajstić information content (AvgIpc) is 2.59. The van der Waals surface area contributed by atoms with Crippen LogP contribution >= 0.6 is 27.3 Å². The Balaban J connectivity index is 2.35. The Labute approximate surface area is 101 Å². The van der Waals surface area contributed by atoms with Gasteiger partial charge in [0.05, 0.1) is 3.79 Å². The number of nitrogens with zero attached hydrogens (tertiary/aromatic N) is 1. The molecule has 2 nitrogen and oxygen atoms in total. The van der Waals surface area contributed by atoms with Crippen LogP contribution < -0.4 is 5.73 Å². The van der Waals surface area contributed by atoms with Gasteiger partial charge in [0.25, 0.3) is 0 Å². The number of pyridine rings is 1. The third-order valence-electron chi connectivity index (χ3n) is 2.97. The lowest BCUT2D eigenvalue weighted by molar-refractivity contribution is 0.673. The fourth-order valence-corrected chi connectivity index (χ4v) is 3.70. The summed E-state index contributed by atoms with van der Waals surface area (Å²) in [5.74, 6) is 0. The molecule has 0 spiro atoms. The van der Waals surface area contributed by atoms with Crippen molar-refractivity contribution in [2.75, 3.05) is 5.73 Å². The first-order chi connectivity index (χ1) is 7.25. The van der Waals surface area contributed by atoms with E-state index in [-0.39, 0.29) is 0 Å². The predicted molar refractivity (Wildman–Crippen MR) is 68.4 cm³/mol. The molecule has 0 aromatic carbocycles. The summed E-state index contributed by atoms with van der Waals surface area (Å²) in [5, 5.41) is 1.12. The van der Waals surface area contributed by atoms with Crippen molar-refractivity contribution >= 4 is 43.2 Å². The van der Waals surface area contributed by atoms with Crippen LogP contribution in [0.4, 0.5) is 5.69 Å². The van der Waals surface area contributed by atoms with Crippen molar-refractivity contribution in [1.82, 2.24) is 4.98 Å². The second kappa shape index (κ2) is 3.46. The van der Waals surface area contributed by atoms with Crippen LogP contribution in [0.1, 0.15) is 24.1 Å². The third-order valence-corrected chi connectivity index (χ3v) is 4.50. The van der Waals surface area contributed by atoms with E-state index in [0.29, 0.717) is 0 Å². The minimum atomic E-state index is 0.955. The van der Waals surface area contributed by atoms with Crippen molar-refractivity contribution in [2.24, 2.45) is 0 Å². The standard InChI is InChI=1S/C11H11BrN2S/c12-9-5-7-10(13)6-3-1-2-4-8(6)14-11(7)15-9/h5H,1-4H2,(H2,13,14). The summed E-state index contributed by atoms with van der Waals surface area (Å²) < 4.78 is 1.11. The van der Waals surface area contributed by atoms with Crippen LogP contribution in [0.2, 0.25) is 0 Å². The molecule has 3 rings (SSSR count). The highest BCUT2D eigenvalue weighted by molar-refractivity contribution is 9.11. The third kappa shape index (κ3) is 1.47. The Morgan fingerprint density at radius 1 is 1.33 bits per heavy atom. The van der Waals surface area contributed by atoms with Crippen LogP contribution in [0.25, 0.3) is 10.2 Å². The predicted octanol–water partition coefficient (Wildman–Crippen LogP) is 3.52. The van der Waals surface area contributed by atoms with Gasteiger partial charge in [0.2, 0.25) is 0 Å². The van der Waals surface area contributed by atoms with Crippen LogP contribution in [0.15, 0.2) is 9.85 Å². The summed E-state index contributed by atoms with van der Waals surface area (Å²) in [5.41, 5.74) is 9.67. The Bertz CT molecular complexity index is 533. The van der Waals surface area contributed by atoms with Gasteiger partial charge in [-0.25, -0.2) is 4.98 Å². The summed E-state index contributed by atoms with van der Waals surface area (Å²) in [7, 11) is 0. The number of aryl methyl sites for hydroxylation is 1. The Hall–Kier alpha value is -0.610. The van der Waals surface area contributed by atoms with Gasteiger partial charge < -0.3 is 5.73 Å². The van der Waals surface area contributed by atoms with Crippen LogP contribution in [0, 0.1) is 0 Å². The summed E-state index contributed by atoms with van der Waals surface area (Å²) in [6.45, 7) is 0. The molecule has 0 atom stereocenters. The first-order valence-electron chi connectivity index (χ1n) is 5.12. The fourth-order valence-electron chi connectivity index (χ4n) is 2.22. The molecule has 0 aliphatic heterocycles. The van der Waals surface area contributed by atoms with Crippen molar-refractivity contribution in [2.45, 2.75) is 25.7 Å². The van der Waals surface area contributed by atoms with Gasteiger partial charge in [-0.1, -0.05) is 0 Å². The molecule has 2 heterocycles. The van der Waals surface area contributed by atoms with Gasteiger partial charge in [-0.05, 0) is 53.2 Å². The summed E-state index contributed by atoms with van der Waals surface area (Å²) in [4.78, 5) is 5.78. The molecular weight excluding hydrogens is 272 g/mol. The number of aromatic nitrogens is 1. The molecule has 0 radical (unpaired) electrons. The zero-order chi connectivity index (χ0) is 10.4. The van der Waals surface area contributed by atoms with E-state index in [0.717, 1.165) is 32.5 Å². The zero-order valence-electron chi connectivity index (χ0n) is 8.22. The number of nitrogen functional groups attached to an aromatic ring is 1. The van der Waals surface area contributed by atoms with E-state index < -0.39 is 0 Å². The van der Waals surface area contributed by atoms with E-state index in [1.54, 1.807) is 11.3 Å². The summed E-state index contributed by atoms with van der Waals surface area (Å²) in [6.07, 6.45) is 4.68. The number of nitrogens with two attached hydrogens (primary N) is 1. The Morgan fingerprint density at radius 2 is 2.13 bits per heavy atom. The van der Waals surface area contributed by atoms with E-state index in [1.807, 2.05) is 0 Å². The molecule has 0 amide bonds. The maximum Gasteiger partial charge on any atom is 0.126 e. The van der Waals surface area contributed by atoms with Crippen molar-refractivity contribution in [1.29, 1.82) is 0 Å². The van der Waals surface area contributed by atoms with Gasteiger partial charge >= 0.3 is 0 Å². The van der Waals surface area contributed by atoms with Crippen molar-refractivity contribution < 1.29 is 0 Å². The molecule has 0 fully saturated rings. The number of rotatable bonds is 0. The van der Waals surface area contributed by atoms with Crippen LogP contribution in [0.5, 0.6) is 0 Å². The van der Waals surface area contributed by atoms with Gasteiger partial charge in [0, 0.05) is 16.8 Å². The highest BCUT2D eigenvalue weighted by atomic mass is 79.9. The number of halogens is 1. The lowest BCUT2D eigenvalue weighted by Crippen LogP contribution is -2.08. The fraction of sp³-hybridized carbons (Fsp3) is 0.364. The summed E-state index contributed by atoms with van der Waals surface area (Å²) in [6, 6.07) is 2.08. The first-order valence-corrected chi connectivity index (χ1v) is 6.73. The molecule has 4 heteroatoms. The molecule has 2 N–H and O–H groups in total. The minimum absolute atomic E-state index is 0.955. The first kappa shape index (κ1) is 9.60. The lowest BCUT2D eigenvalue weighted by Gasteiger charge is -2.16. The molecule has 0 bridgehead atoms. The maximum absolute atomic E-state index is 6.20. The molecule has 0 saturated carbocycles. The molecule has 0 saturated heterocycles. The number of hydrogen-bond acceptors (Lipinski definition) is 3. The number of hydrogen-bond donors (Lipinski definition) is 1. The van der Waals surface area contributed by atoms with Gasteiger partial charge in [0.1, 0.15) is 4.83 Å². The SMILES string of the molecule is Nc1c2c(nc3sc(Br)cc13)CCCC2. The maximum atomic E-state index is 6.20. The smallest absolute Gasteiger partial charge is 0.126 e. The Kier molecular flexibility index (Phi) is 2.21. The quantitative estimate of drug-likeness (QED) is 0.803. The van der Waals surface area contributed by atoms with Crippen molar-refractivity contribution in [3.63, 3.8) is 0 Å². The van der Waals surface area contributed by atoms with Crippen LogP contribution in [0.3, 0.4) is 0 Å². The molecule has 78 valence electrons. The van der Waals surface area contributed by atoms with E-state index in [1.165, 1.54) is 24.1 Å². The lowest BCUT2D eigenvalue weighted by atomic mass is 9.94. The average molecular weight is 283 g/mol. The van der Waals surface area contributed by atoms with Crippen LogP contribution in [-0.4, -0.2) is 4.98 Å². The van der Waals surface area contributed by atoms with E-state index in [2.05, 4.69) is 22.0 Å². The normalized spacial score (nSPS) is 15.5. The molecule has 1 aliphatic carbocycles. The summed E-state index contributed by atoms with van der Waals surface area (Å²) >= 11 is 5.15. The van der Waals surface area contributed by atoms with Crippen molar-refractivity contribution in [3.8, 4) is 0 Å². The van der Waals surface area contributed by atoms with Crippen LogP contribution in [-0.2, 0) is 12.8 Å². The second-order valence-corrected chi connectivity index (χ2v) is 6.34. The monoisotopic (exact) mass is 282 g/mol. The molecule has 0 unspecified atom stereocenters. The van der Waals surface area contributed by atoms with E-state index in [4.69, 9.17) is 10.7 Å².